The molecule has 0 saturated heterocycles. The molecule has 5 heterocycles. The van der Waals surface area contributed by atoms with Crippen molar-refractivity contribution in [2.24, 2.45) is 0 Å². The molecule has 5 nitrogen and oxygen atoms in total. The first-order valence-electron chi connectivity index (χ1n) is 30.7. The highest BCUT2D eigenvalue weighted by molar-refractivity contribution is 6.94. The van der Waals surface area contributed by atoms with Crippen LogP contribution in [-0.4, -0.2) is 11.4 Å². The monoisotopic (exact) mass is 1100 g/mol. The second kappa shape index (κ2) is 17.3. The van der Waals surface area contributed by atoms with Crippen LogP contribution in [0.25, 0.3) is 82.5 Å². The molecule has 0 saturated carbocycles. The lowest BCUT2D eigenvalue weighted by Gasteiger charge is -2.42. The van der Waals surface area contributed by atoms with E-state index in [0.717, 1.165) is 85.5 Å². The van der Waals surface area contributed by atoms with Crippen molar-refractivity contribution in [3.05, 3.63) is 191 Å². The minimum atomic E-state index is -0.252. The van der Waals surface area contributed by atoms with Gasteiger partial charge in [0.15, 0.2) is 0 Å². The highest BCUT2D eigenvalue weighted by Gasteiger charge is 2.47. The first-order valence-corrected chi connectivity index (χ1v) is 30.7. The Morgan fingerprint density at radius 1 is 0.452 bits per heavy atom. The number of furan rings is 2. The fourth-order valence-corrected chi connectivity index (χ4v) is 14.8. The third-order valence-corrected chi connectivity index (χ3v) is 19.9. The summed E-state index contributed by atoms with van der Waals surface area (Å²) in [6, 6.07) is 61.0. The second-order valence-corrected chi connectivity index (χ2v) is 30.5. The molecule has 2 aliphatic heterocycles. The van der Waals surface area contributed by atoms with Gasteiger partial charge in [-0.2, -0.15) is 0 Å². The SMILES string of the molecule is CC(C)(C)c1ccc(N2B3c4ccc(N(c5ccc(C(C)(C)C)cc5)c5ccc(C(C)(C)C)cc5)cc4-n4c5ccc(C(C)(C)C)cc5c5c6oc7ccccc7c6c(c3c54)-c3cc4c(cc32)oc2cc3c(cc24)C(C)(C)CCC3(C)C)cc1. The second-order valence-electron chi connectivity index (χ2n) is 30.5. The van der Waals surface area contributed by atoms with Gasteiger partial charge in [-0.15, -0.1) is 0 Å². The normalized spacial score (nSPS) is 15.7. The maximum Gasteiger partial charge on any atom is 0.333 e. The summed E-state index contributed by atoms with van der Waals surface area (Å²) in [6.07, 6.45) is 2.28. The first kappa shape index (κ1) is 52.8. The molecule has 0 fully saturated rings. The summed E-state index contributed by atoms with van der Waals surface area (Å²) in [4.78, 5) is 5.12. The van der Waals surface area contributed by atoms with Crippen molar-refractivity contribution in [3.63, 3.8) is 0 Å². The largest absolute Gasteiger partial charge is 0.456 e. The number of nitrogens with zero attached hydrogens (tertiary/aromatic N) is 3. The Morgan fingerprint density at radius 3 is 1.60 bits per heavy atom. The number of para-hydroxylation sites is 1. The number of benzene rings is 9. The Labute approximate surface area is 496 Å². The molecule has 15 rings (SSSR count). The summed E-state index contributed by atoms with van der Waals surface area (Å²) in [5.41, 5.74) is 25.7. The highest BCUT2D eigenvalue weighted by atomic mass is 16.3. The molecule has 0 unspecified atom stereocenters. The van der Waals surface area contributed by atoms with Crippen LogP contribution >= 0.6 is 0 Å². The van der Waals surface area contributed by atoms with Gasteiger partial charge in [0.2, 0.25) is 0 Å². The molecule has 0 spiro atoms. The quantitative estimate of drug-likeness (QED) is 0.165. The van der Waals surface area contributed by atoms with Gasteiger partial charge in [0.1, 0.15) is 22.3 Å². The lowest BCUT2D eigenvalue weighted by molar-refractivity contribution is 0.332. The van der Waals surface area contributed by atoms with Gasteiger partial charge < -0.3 is 23.1 Å². The van der Waals surface area contributed by atoms with Crippen molar-refractivity contribution in [2.75, 3.05) is 9.71 Å². The summed E-state index contributed by atoms with van der Waals surface area (Å²) in [5, 5.41) is 6.97. The van der Waals surface area contributed by atoms with Crippen molar-refractivity contribution in [1.29, 1.82) is 0 Å². The van der Waals surface area contributed by atoms with Crippen LogP contribution < -0.4 is 20.6 Å². The van der Waals surface area contributed by atoms with Crippen LogP contribution in [0.15, 0.2) is 167 Å². The molecule has 6 heteroatoms. The van der Waals surface area contributed by atoms with Gasteiger partial charge in [0.25, 0.3) is 0 Å². The predicted molar refractivity (Wildman–Crippen MR) is 359 cm³/mol. The summed E-state index contributed by atoms with van der Waals surface area (Å²) in [6.45, 7) is 37.1. The van der Waals surface area contributed by atoms with Gasteiger partial charge in [-0.1, -0.05) is 178 Å². The van der Waals surface area contributed by atoms with Gasteiger partial charge in [0, 0.05) is 72.7 Å². The van der Waals surface area contributed by atoms with E-state index in [1.54, 1.807) is 0 Å². The molecule has 0 atom stereocenters. The van der Waals surface area contributed by atoms with E-state index in [9.17, 15) is 0 Å². The maximum absolute atomic E-state index is 7.44. The molecule has 84 heavy (non-hydrogen) atoms. The van der Waals surface area contributed by atoms with E-state index in [0.29, 0.717) is 0 Å². The molecule has 0 amide bonds. The minimum Gasteiger partial charge on any atom is -0.456 e. The van der Waals surface area contributed by atoms with E-state index >= 15 is 0 Å². The lowest BCUT2D eigenvalue weighted by atomic mass is 9.43. The number of aromatic nitrogens is 1. The maximum atomic E-state index is 7.44. The summed E-state index contributed by atoms with van der Waals surface area (Å²) >= 11 is 0. The van der Waals surface area contributed by atoms with E-state index < -0.39 is 0 Å². The summed E-state index contributed by atoms with van der Waals surface area (Å²) < 4.78 is 17.3. The van der Waals surface area contributed by atoms with Crippen LogP contribution in [0.5, 0.6) is 0 Å². The average Bonchev–Trinajstić information content (AvgIpc) is 1.42. The topological polar surface area (TPSA) is 37.7 Å². The number of fused-ring (bicyclic) bond motifs is 17. The summed E-state index contributed by atoms with van der Waals surface area (Å²) in [5.74, 6) is 0. The molecule has 420 valence electrons. The van der Waals surface area contributed by atoms with Gasteiger partial charge in [-0.25, -0.2) is 0 Å². The molecule has 12 aromatic rings. The third kappa shape index (κ3) is 7.73. The zero-order valence-corrected chi connectivity index (χ0v) is 52.2. The third-order valence-electron chi connectivity index (χ3n) is 19.9. The standard InChI is InChI=1S/C78H78BN3O2/c1-73(2,3)45-21-28-49(29-22-45)80(50-30-23-46(24-31-50)74(4,5)6)52-34-35-60-63(40-52)81-61-36-27-48(76(10,11)12)39-56(61)69-71(81)70-67(68-53-19-17-18-20-64(53)84-72(68)69)57-41-54-55-42-58-59(78(15,16)38-37-77(58,13)14)43-65(55)83-66(54)44-62(57)82(79(60)70)51-32-25-47(26-33-51)75(7,8)9/h17-36,39-44H,37-38H2,1-16H3. The van der Waals surface area contributed by atoms with Crippen molar-refractivity contribution in [2.45, 2.75) is 156 Å². The van der Waals surface area contributed by atoms with E-state index in [1.807, 2.05) is 0 Å². The van der Waals surface area contributed by atoms with E-state index in [2.05, 4.69) is 283 Å². The molecule has 1 aliphatic carbocycles. The van der Waals surface area contributed by atoms with Crippen LogP contribution in [0.3, 0.4) is 0 Å². The van der Waals surface area contributed by atoms with Gasteiger partial charge >= 0.3 is 6.85 Å². The predicted octanol–water partition coefficient (Wildman–Crippen LogP) is 20.8. The Bertz CT molecular complexity index is 4690. The molecule has 3 aliphatic rings. The minimum absolute atomic E-state index is 0.0103. The fourth-order valence-electron chi connectivity index (χ4n) is 14.8. The zero-order valence-electron chi connectivity index (χ0n) is 52.2. The molecular weight excluding hydrogens is 1020 g/mol. The number of rotatable bonds is 4. The van der Waals surface area contributed by atoms with Crippen molar-refractivity contribution >= 4 is 112 Å². The molecule has 9 aromatic carbocycles. The van der Waals surface area contributed by atoms with Crippen LogP contribution in [0.1, 0.15) is 157 Å². The number of hydrogen-bond donors (Lipinski definition) is 0. The van der Waals surface area contributed by atoms with E-state index in [-0.39, 0.29) is 39.3 Å². The number of anilines is 5. The van der Waals surface area contributed by atoms with Crippen molar-refractivity contribution in [1.82, 2.24) is 4.57 Å². The van der Waals surface area contributed by atoms with Crippen LogP contribution in [0.2, 0.25) is 0 Å². The van der Waals surface area contributed by atoms with Crippen molar-refractivity contribution < 1.29 is 8.83 Å². The van der Waals surface area contributed by atoms with Crippen molar-refractivity contribution in [3.8, 4) is 16.8 Å². The van der Waals surface area contributed by atoms with Crippen LogP contribution in [0, 0.1) is 0 Å². The zero-order chi connectivity index (χ0) is 58.7. The highest BCUT2D eigenvalue weighted by Crippen LogP contribution is 2.55. The smallest absolute Gasteiger partial charge is 0.333 e. The van der Waals surface area contributed by atoms with Crippen LogP contribution in [0.4, 0.5) is 28.4 Å². The molecule has 0 bridgehead atoms. The van der Waals surface area contributed by atoms with Gasteiger partial charge in [0.05, 0.1) is 16.4 Å². The van der Waals surface area contributed by atoms with Gasteiger partial charge in [-0.3, -0.25) is 0 Å². The average molecular weight is 1100 g/mol. The summed E-state index contributed by atoms with van der Waals surface area (Å²) in [7, 11) is 0. The molecule has 0 N–H and O–H groups in total. The fraction of sp³-hybridized carbons (Fsp3) is 0.308. The lowest BCUT2D eigenvalue weighted by Crippen LogP contribution is -2.60. The Hall–Kier alpha value is -7.96. The van der Waals surface area contributed by atoms with Gasteiger partial charge in [-0.05, 0) is 180 Å². The first-order chi connectivity index (χ1) is 39.7. The number of hydrogen-bond acceptors (Lipinski definition) is 4. The molecular formula is C78H78BN3O2. The Balaban J connectivity index is 1.10. The Kier molecular flexibility index (Phi) is 10.9. The van der Waals surface area contributed by atoms with E-state index in [4.69, 9.17) is 8.83 Å². The van der Waals surface area contributed by atoms with E-state index in [1.165, 1.54) is 82.6 Å². The molecule has 3 aromatic heterocycles. The molecule has 0 radical (unpaired) electrons. The van der Waals surface area contributed by atoms with Crippen LogP contribution in [-0.2, 0) is 32.5 Å². The Morgan fingerprint density at radius 2 is 0.988 bits per heavy atom.